The molecule has 3 rings (SSSR count). The molecule has 0 bridgehead atoms. The van der Waals surface area contributed by atoms with E-state index in [-0.39, 0.29) is 5.91 Å². The van der Waals surface area contributed by atoms with Crippen LogP contribution in [0.4, 0.5) is 5.69 Å². The van der Waals surface area contributed by atoms with E-state index in [1.165, 1.54) is 0 Å². The minimum Gasteiger partial charge on any atom is -0.326 e. The summed E-state index contributed by atoms with van der Waals surface area (Å²) in [4.78, 5) is 12.2. The number of nitrogens with one attached hydrogen (secondary N) is 2. The number of hydrogen-bond acceptors (Lipinski definition) is 2. The number of benzene rings is 2. The van der Waals surface area contributed by atoms with Crippen molar-refractivity contribution in [1.82, 2.24) is 10.2 Å². The molecule has 2 N–H and O–H groups in total. The minimum absolute atomic E-state index is 0.0119. The number of aromatic nitrogens is 2. The maximum absolute atomic E-state index is 12.2. The van der Waals surface area contributed by atoms with Crippen LogP contribution < -0.4 is 5.32 Å². The Morgan fingerprint density at radius 3 is 2.90 bits per heavy atom. The standard InChI is InChI=1S/C16H14IN3O/c1-10-4-2-3-5-11(10)8-15(21)18-12-6-7-14-13(9-12)16(17)20-19-14/h2-7,9H,8H2,1H3,(H,18,21)(H,19,20). The van der Waals surface area contributed by atoms with Crippen LogP contribution in [-0.4, -0.2) is 16.1 Å². The quantitative estimate of drug-likeness (QED) is 0.670. The first-order valence-corrected chi connectivity index (χ1v) is 7.69. The van der Waals surface area contributed by atoms with Crippen molar-refractivity contribution < 1.29 is 4.79 Å². The molecule has 0 saturated carbocycles. The van der Waals surface area contributed by atoms with Gasteiger partial charge in [0.25, 0.3) is 0 Å². The number of aryl methyl sites for hydroxylation is 1. The van der Waals surface area contributed by atoms with Gasteiger partial charge in [-0.25, -0.2) is 0 Å². The first kappa shape index (κ1) is 14.1. The van der Waals surface area contributed by atoms with Crippen LogP contribution in [0.3, 0.4) is 0 Å². The molecule has 4 nitrogen and oxygen atoms in total. The van der Waals surface area contributed by atoms with Crippen molar-refractivity contribution in [3.8, 4) is 0 Å². The van der Waals surface area contributed by atoms with Crippen molar-refractivity contribution in [2.45, 2.75) is 13.3 Å². The zero-order valence-corrected chi connectivity index (χ0v) is 13.6. The van der Waals surface area contributed by atoms with Crippen molar-refractivity contribution in [1.29, 1.82) is 0 Å². The summed E-state index contributed by atoms with van der Waals surface area (Å²) in [5, 5.41) is 11.1. The molecule has 0 aliphatic rings. The summed E-state index contributed by atoms with van der Waals surface area (Å²) in [5.41, 5.74) is 3.94. The molecule has 5 heteroatoms. The van der Waals surface area contributed by atoms with E-state index >= 15 is 0 Å². The zero-order valence-electron chi connectivity index (χ0n) is 11.5. The Labute approximate surface area is 136 Å². The van der Waals surface area contributed by atoms with Gasteiger partial charge in [-0.3, -0.25) is 9.89 Å². The lowest BCUT2D eigenvalue weighted by atomic mass is 10.1. The molecule has 1 aromatic heterocycles. The van der Waals surface area contributed by atoms with Gasteiger partial charge >= 0.3 is 0 Å². The van der Waals surface area contributed by atoms with E-state index in [9.17, 15) is 4.79 Å². The van der Waals surface area contributed by atoms with Gasteiger partial charge in [0.2, 0.25) is 5.91 Å². The Kier molecular flexibility index (Phi) is 3.92. The van der Waals surface area contributed by atoms with Gasteiger partial charge in [-0.2, -0.15) is 5.10 Å². The van der Waals surface area contributed by atoms with Gasteiger partial charge in [-0.1, -0.05) is 24.3 Å². The molecule has 0 saturated heterocycles. The third-order valence-corrected chi connectivity index (χ3v) is 4.23. The molecule has 0 aliphatic carbocycles. The second-order valence-electron chi connectivity index (χ2n) is 4.93. The number of nitrogens with zero attached hydrogens (tertiary/aromatic N) is 1. The van der Waals surface area contributed by atoms with E-state index in [1.54, 1.807) is 0 Å². The number of aromatic amines is 1. The number of anilines is 1. The van der Waals surface area contributed by atoms with Crippen LogP contribution in [-0.2, 0) is 11.2 Å². The number of carbonyl (C=O) groups is 1. The van der Waals surface area contributed by atoms with Crippen molar-refractivity contribution in [2.75, 3.05) is 5.32 Å². The first-order chi connectivity index (χ1) is 10.1. The largest absolute Gasteiger partial charge is 0.326 e. The highest BCUT2D eigenvalue weighted by atomic mass is 127. The average Bonchev–Trinajstić information content (AvgIpc) is 2.83. The predicted octanol–water partition coefficient (Wildman–Crippen LogP) is 3.66. The number of rotatable bonds is 3. The molecule has 0 radical (unpaired) electrons. The Morgan fingerprint density at radius 1 is 1.29 bits per heavy atom. The molecule has 106 valence electrons. The molecule has 1 amide bonds. The maximum atomic E-state index is 12.2. The molecular formula is C16H14IN3O. The van der Waals surface area contributed by atoms with Crippen LogP contribution in [0.2, 0.25) is 0 Å². The number of carbonyl (C=O) groups excluding carboxylic acids is 1. The fourth-order valence-corrected chi connectivity index (χ4v) is 2.81. The lowest BCUT2D eigenvalue weighted by Gasteiger charge is -2.07. The van der Waals surface area contributed by atoms with Crippen LogP contribution in [0, 0.1) is 10.6 Å². The number of amides is 1. The molecular weight excluding hydrogens is 377 g/mol. The molecule has 0 atom stereocenters. The number of H-pyrrole nitrogens is 1. The van der Waals surface area contributed by atoms with E-state index in [1.807, 2.05) is 49.4 Å². The summed E-state index contributed by atoms with van der Waals surface area (Å²) in [6.07, 6.45) is 0.382. The van der Waals surface area contributed by atoms with E-state index in [0.717, 1.165) is 31.4 Å². The maximum Gasteiger partial charge on any atom is 0.228 e. The van der Waals surface area contributed by atoms with Crippen molar-refractivity contribution in [3.05, 3.63) is 57.3 Å². The third kappa shape index (κ3) is 3.07. The molecule has 0 aliphatic heterocycles. The Bertz CT molecular complexity index is 810. The zero-order chi connectivity index (χ0) is 14.8. The Hall–Kier alpha value is -1.89. The van der Waals surface area contributed by atoms with E-state index in [2.05, 4.69) is 38.1 Å². The fraction of sp³-hybridized carbons (Fsp3) is 0.125. The molecule has 2 aromatic carbocycles. The van der Waals surface area contributed by atoms with Crippen LogP contribution in [0.5, 0.6) is 0 Å². The van der Waals surface area contributed by atoms with Gasteiger partial charge in [0.15, 0.2) is 0 Å². The molecule has 0 spiro atoms. The van der Waals surface area contributed by atoms with Gasteiger partial charge in [0.05, 0.1) is 11.9 Å². The lowest BCUT2D eigenvalue weighted by molar-refractivity contribution is -0.115. The molecule has 0 fully saturated rings. The summed E-state index contributed by atoms with van der Waals surface area (Å²) in [5.74, 6) is -0.0119. The van der Waals surface area contributed by atoms with Crippen LogP contribution in [0.15, 0.2) is 42.5 Å². The molecule has 0 unspecified atom stereocenters. The lowest BCUT2D eigenvalue weighted by Crippen LogP contribution is -2.14. The van der Waals surface area contributed by atoms with Crippen molar-refractivity contribution in [2.24, 2.45) is 0 Å². The first-order valence-electron chi connectivity index (χ1n) is 6.61. The van der Waals surface area contributed by atoms with Gasteiger partial charge in [-0.05, 0) is 58.8 Å². The van der Waals surface area contributed by atoms with Crippen molar-refractivity contribution in [3.63, 3.8) is 0 Å². The second-order valence-corrected chi connectivity index (χ2v) is 5.95. The van der Waals surface area contributed by atoms with Crippen molar-refractivity contribution >= 4 is 45.1 Å². The average molecular weight is 391 g/mol. The van der Waals surface area contributed by atoms with Gasteiger partial charge in [-0.15, -0.1) is 0 Å². The molecule has 3 aromatic rings. The van der Waals surface area contributed by atoms with Crippen LogP contribution >= 0.6 is 22.6 Å². The summed E-state index contributed by atoms with van der Waals surface area (Å²) >= 11 is 2.17. The SMILES string of the molecule is Cc1ccccc1CC(=O)Nc1ccc2[nH]nc(I)c2c1. The fourth-order valence-electron chi connectivity index (χ4n) is 2.25. The van der Waals surface area contributed by atoms with Gasteiger partial charge in [0, 0.05) is 11.1 Å². The third-order valence-electron chi connectivity index (χ3n) is 3.41. The highest BCUT2D eigenvalue weighted by Gasteiger charge is 2.08. The number of hydrogen-bond donors (Lipinski definition) is 2. The summed E-state index contributed by atoms with van der Waals surface area (Å²) in [6, 6.07) is 13.7. The second kappa shape index (κ2) is 5.85. The number of halogens is 1. The number of fused-ring (bicyclic) bond motifs is 1. The predicted molar refractivity (Wildman–Crippen MR) is 92.3 cm³/mol. The summed E-state index contributed by atoms with van der Waals surface area (Å²) in [6.45, 7) is 2.02. The van der Waals surface area contributed by atoms with E-state index in [0.29, 0.717) is 6.42 Å². The summed E-state index contributed by atoms with van der Waals surface area (Å²) < 4.78 is 0.901. The smallest absolute Gasteiger partial charge is 0.228 e. The molecule has 1 heterocycles. The van der Waals surface area contributed by atoms with E-state index in [4.69, 9.17) is 0 Å². The minimum atomic E-state index is -0.0119. The van der Waals surface area contributed by atoms with E-state index < -0.39 is 0 Å². The normalized spacial score (nSPS) is 10.8. The Morgan fingerprint density at radius 2 is 2.10 bits per heavy atom. The Balaban J connectivity index is 1.77. The molecule has 21 heavy (non-hydrogen) atoms. The van der Waals surface area contributed by atoms with Crippen LogP contribution in [0.25, 0.3) is 10.9 Å². The van der Waals surface area contributed by atoms with Gasteiger partial charge in [0.1, 0.15) is 3.70 Å². The summed E-state index contributed by atoms with van der Waals surface area (Å²) in [7, 11) is 0. The highest BCUT2D eigenvalue weighted by Crippen LogP contribution is 2.22. The highest BCUT2D eigenvalue weighted by molar-refractivity contribution is 14.1. The van der Waals surface area contributed by atoms with Gasteiger partial charge < -0.3 is 5.32 Å². The van der Waals surface area contributed by atoms with Crippen LogP contribution in [0.1, 0.15) is 11.1 Å². The monoisotopic (exact) mass is 391 g/mol. The topological polar surface area (TPSA) is 57.8 Å².